The summed E-state index contributed by atoms with van der Waals surface area (Å²) in [4.78, 5) is 11.3. The van der Waals surface area contributed by atoms with E-state index < -0.39 is 5.60 Å². The molecule has 3 heteroatoms. The highest BCUT2D eigenvalue weighted by molar-refractivity contribution is 5.67. The lowest BCUT2D eigenvalue weighted by Crippen LogP contribution is -2.35. The van der Waals surface area contributed by atoms with Crippen molar-refractivity contribution >= 4 is 6.09 Å². The van der Waals surface area contributed by atoms with Gasteiger partial charge in [-0.25, -0.2) is 4.79 Å². The number of ether oxygens (including phenoxy) is 1. The van der Waals surface area contributed by atoms with Crippen LogP contribution in [0.1, 0.15) is 34.6 Å². The van der Waals surface area contributed by atoms with Crippen LogP contribution in [-0.4, -0.2) is 18.2 Å². The molecular formula is C12H23NO2. The molecule has 0 aromatic carbocycles. The molecular weight excluding hydrogens is 190 g/mol. The maximum absolute atomic E-state index is 11.3. The third kappa shape index (κ3) is 7.00. The van der Waals surface area contributed by atoms with E-state index in [2.05, 4.69) is 25.7 Å². The first-order valence-corrected chi connectivity index (χ1v) is 5.35. The molecule has 1 N–H and O–H groups in total. The lowest BCUT2D eigenvalue weighted by molar-refractivity contribution is 0.0519. The lowest BCUT2D eigenvalue weighted by atomic mass is 9.96. The molecule has 0 heterocycles. The average molecular weight is 213 g/mol. The van der Waals surface area contributed by atoms with Crippen molar-refractivity contribution in [3.63, 3.8) is 0 Å². The van der Waals surface area contributed by atoms with Crippen molar-refractivity contribution in [1.82, 2.24) is 5.32 Å². The predicted molar refractivity (Wildman–Crippen MR) is 62.8 cm³/mol. The van der Waals surface area contributed by atoms with Crippen LogP contribution < -0.4 is 5.32 Å². The van der Waals surface area contributed by atoms with Crippen LogP contribution in [0.2, 0.25) is 0 Å². The van der Waals surface area contributed by atoms with E-state index in [4.69, 9.17) is 4.74 Å². The number of nitrogens with one attached hydrogen (secondary N) is 1. The molecule has 0 aliphatic heterocycles. The summed E-state index contributed by atoms with van der Waals surface area (Å²) in [6.07, 6.45) is 1.50. The summed E-state index contributed by atoms with van der Waals surface area (Å²) in [7, 11) is 0. The van der Waals surface area contributed by atoms with Crippen LogP contribution in [0.5, 0.6) is 0 Å². The van der Waals surface area contributed by atoms with Gasteiger partial charge in [0.05, 0.1) is 0 Å². The van der Waals surface area contributed by atoms with Gasteiger partial charge in [-0.15, -0.1) is 6.58 Å². The number of alkyl carbamates (subject to hydrolysis) is 1. The third-order valence-corrected chi connectivity index (χ3v) is 2.04. The molecule has 0 aliphatic rings. The SMILES string of the molecule is C=CC(CNC(=O)OC(C)(C)C)C(C)C. The van der Waals surface area contributed by atoms with Crippen molar-refractivity contribution in [3.8, 4) is 0 Å². The molecule has 88 valence electrons. The zero-order valence-corrected chi connectivity index (χ0v) is 10.5. The highest BCUT2D eigenvalue weighted by Crippen LogP contribution is 2.11. The van der Waals surface area contributed by atoms with Gasteiger partial charge >= 0.3 is 6.09 Å². The van der Waals surface area contributed by atoms with E-state index in [1.807, 2.05) is 26.8 Å². The number of carbonyl (C=O) groups excluding carboxylic acids is 1. The van der Waals surface area contributed by atoms with Gasteiger partial charge in [0, 0.05) is 6.54 Å². The van der Waals surface area contributed by atoms with E-state index >= 15 is 0 Å². The molecule has 0 fully saturated rings. The maximum Gasteiger partial charge on any atom is 0.407 e. The van der Waals surface area contributed by atoms with Gasteiger partial charge in [-0.05, 0) is 32.6 Å². The fraction of sp³-hybridized carbons (Fsp3) is 0.750. The monoisotopic (exact) mass is 213 g/mol. The minimum absolute atomic E-state index is 0.289. The van der Waals surface area contributed by atoms with Crippen LogP contribution in [0.25, 0.3) is 0 Å². The molecule has 1 atom stereocenters. The van der Waals surface area contributed by atoms with E-state index in [1.165, 1.54) is 0 Å². The summed E-state index contributed by atoms with van der Waals surface area (Å²) in [5.74, 6) is 0.759. The molecule has 0 bridgehead atoms. The normalized spacial score (nSPS) is 13.5. The number of carbonyl (C=O) groups is 1. The Hall–Kier alpha value is -0.990. The van der Waals surface area contributed by atoms with Gasteiger partial charge < -0.3 is 10.1 Å². The van der Waals surface area contributed by atoms with Gasteiger partial charge in [0.15, 0.2) is 0 Å². The summed E-state index contributed by atoms with van der Waals surface area (Å²) >= 11 is 0. The van der Waals surface area contributed by atoms with Crippen LogP contribution in [0.15, 0.2) is 12.7 Å². The standard InChI is InChI=1S/C12H23NO2/c1-7-10(9(2)3)8-13-11(14)15-12(4,5)6/h7,9-10H,1,8H2,2-6H3,(H,13,14). The summed E-state index contributed by atoms with van der Waals surface area (Å²) < 4.78 is 5.13. The maximum atomic E-state index is 11.3. The molecule has 0 aromatic heterocycles. The van der Waals surface area contributed by atoms with Crippen molar-refractivity contribution in [2.75, 3.05) is 6.54 Å². The van der Waals surface area contributed by atoms with Crippen LogP contribution >= 0.6 is 0 Å². The summed E-state index contributed by atoms with van der Waals surface area (Å²) in [5.41, 5.74) is -0.439. The van der Waals surface area contributed by atoms with E-state index in [0.29, 0.717) is 12.5 Å². The van der Waals surface area contributed by atoms with Gasteiger partial charge in [-0.2, -0.15) is 0 Å². The molecule has 0 rings (SSSR count). The van der Waals surface area contributed by atoms with Crippen molar-refractivity contribution in [1.29, 1.82) is 0 Å². The first-order chi connectivity index (χ1) is 6.76. The van der Waals surface area contributed by atoms with Crippen molar-refractivity contribution in [3.05, 3.63) is 12.7 Å². The molecule has 0 spiro atoms. The van der Waals surface area contributed by atoms with Crippen LogP contribution in [-0.2, 0) is 4.74 Å². The van der Waals surface area contributed by atoms with Crippen molar-refractivity contribution in [2.45, 2.75) is 40.2 Å². The second kappa shape index (κ2) is 5.79. The molecule has 1 amide bonds. The molecule has 0 saturated heterocycles. The lowest BCUT2D eigenvalue weighted by Gasteiger charge is -2.22. The van der Waals surface area contributed by atoms with Crippen LogP contribution in [0.3, 0.4) is 0 Å². The summed E-state index contributed by atoms with van der Waals surface area (Å²) in [5, 5.41) is 2.74. The Labute approximate surface area is 92.9 Å². The first kappa shape index (κ1) is 14.0. The second-order valence-electron chi connectivity index (χ2n) is 5.03. The molecule has 15 heavy (non-hydrogen) atoms. The zero-order valence-electron chi connectivity index (χ0n) is 10.5. The number of amides is 1. The molecule has 0 radical (unpaired) electrons. The smallest absolute Gasteiger partial charge is 0.407 e. The third-order valence-electron chi connectivity index (χ3n) is 2.04. The number of hydrogen-bond donors (Lipinski definition) is 1. The quantitative estimate of drug-likeness (QED) is 0.729. The zero-order chi connectivity index (χ0) is 12.1. The molecule has 0 aliphatic carbocycles. The van der Waals surface area contributed by atoms with Gasteiger partial charge in [-0.3, -0.25) is 0 Å². The summed E-state index contributed by atoms with van der Waals surface area (Å²) in [6.45, 7) is 14.1. The second-order valence-corrected chi connectivity index (χ2v) is 5.03. The highest BCUT2D eigenvalue weighted by Gasteiger charge is 2.17. The minimum atomic E-state index is -0.439. The van der Waals surface area contributed by atoms with E-state index in [0.717, 1.165) is 0 Å². The Balaban J connectivity index is 3.94. The van der Waals surface area contributed by atoms with Gasteiger partial charge in [0.2, 0.25) is 0 Å². The topological polar surface area (TPSA) is 38.3 Å². The van der Waals surface area contributed by atoms with Crippen molar-refractivity contribution < 1.29 is 9.53 Å². The molecule has 0 aromatic rings. The van der Waals surface area contributed by atoms with Crippen LogP contribution in [0, 0.1) is 11.8 Å². The van der Waals surface area contributed by atoms with Gasteiger partial charge in [0.1, 0.15) is 5.60 Å². The predicted octanol–water partition coefficient (Wildman–Crippen LogP) is 2.97. The number of hydrogen-bond acceptors (Lipinski definition) is 2. The van der Waals surface area contributed by atoms with E-state index in [1.54, 1.807) is 0 Å². The van der Waals surface area contributed by atoms with Gasteiger partial charge in [0.25, 0.3) is 0 Å². The molecule has 1 unspecified atom stereocenters. The molecule has 3 nitrogen and oxygen atoms in total. The minimum Gasteiger partial charge on any atom is -0.444 e. The Morgan fingerprint density at radius 3 is 2.33 bits per heavy atom. The van der Waals surface area contributed by atoms with Crippen molar-refractivity contribution in [2.24, 2.45) is 11.8 Å². The number of rotatable bonds is 4. The Morgan fingerprint density at radius 2 is 2.00 bits per heavy atom. The van der Waals surface area contributed by atoms with Crippen LogP contribution in [0.4, 0.5) is 4.79 Å². The summed E-state index contributed by atoms with van der Waals surface area (Å²) in [6, 6.07) is 0. The Morgan fingerprint density at radius 1 is 1.47 bits per heavy atom. The highest BCUT2D eigenvalue weighted by atomic mass is 16.6. The fourth-order valence-corrected chi connectivity index (χ4v) is 1.11. The largest absolute Gasteiger partial charge is 0.444 e. The Kier molecular flexibility index (Phi) is 5.40. The van der Waals surface area contributed by atoms with E-state index in [9.17, 15) is 4.79 Å². The molecule has 0 saturated carbocycles. The van der Waals surface area contributed by atoms with E-state index in [-0.39, 0.29) is 12.0 Å². The van der Waals surface area contributed by atoms with Gasteiger partial charge in [-0.1, -0.05) is 19.9 Å². The Bertz CT molecular complexity index is 216. The fourth-order valence-electron chi connectivity index (χ4n) is 1.11. The first-order valence-electron chi connectivity index (χ1n) is 5.35. The average Bonchev–Trinajstić information content (AvgIpc) is 2.01.